The van der Waals surface area contributed by atoms with Crippen LogP contribution in [0.25, 0.3) is 0 Å². The molecule has 0 spiro atoms. The number of nitrogens with zero attached hydrogens (tertiary/aromatic N) is 2. The third-order valence-corrected chi connectivity index (χ3v) is 4.64. The lowest BCUT2D eigenvalue weighted by atomic mass is 10.3. The van der Waals surface area contributed by atoms with Gasteiger partial charge < -0.3 is 14.8 Å². The van der Waals surface area contributed by atoms with Gasteiger partial charge in [-0.2, -0.15) is 0 Å². The van der Waals surface area contributed by atoms with E-state index in [1.165, 1.54) is 11.3 Å². The molecule has 114 valence electrons. The van der Waals surface area contributed by atoms with Crippen LogP contribution in [0.3, 0.4) is 0 Å². The molecular weight excluding hydrogens is 422 g/mol. The van der Waals surface area contributed by atoms with Crippen LogP contribution in [0.15, 0.2) is 21.1 Å². The highest BCUT2D eigenvalue weighted by molar-refractivity contribution is 9.11. The van der Waals surface area contributed by atoms with E-state index in [2.05, 4.69) is 54.3 Å². The van der Waals surface area contributed by atoms with Crippen molar-refractivity contribution in [2.45, 2.75) is 20.0 Å². The van der Waals surface area contributed by atoms with E-state index < -0.39 is 0 Å². The molecule has 1 heterocycles. The van der Waals surface area contributed by atoms with Gasteiger partial charge in [-0.3, -0.25) is 0 Å². The lowest BCUT2D eigenvalue weighted by molar-refractivity contribution is 0.301. The van der Waals surface area contributed by atoms with Gasteiger partial charge in [0.1, 0.15) is 18.1 Å². The normalized spacial score (nSPS) is 10.5. The number of methoxy groups -OCH3 is 1. The molecular formula is C13H15Br2N3O2S. The zero-order valence-corrected chi connectivity index (χ0v) is 15.6. The van der Waals surface area contributed by atoms with E-state index in [0.29, 0.717) is 6.61 Å². The summed E-state index contributed by atoms with van der Waals surface area (Å²) < 4.78 is 12.7. The van der Waals surface area contributed by atoms with Crippen LogP contribution < -0.4 is 14.8 Å². The number of nitrogens with one attached hydrogen (secondary N) is 1. The average Bonchev–Trinajstić information content (AvgIpc) is 2.93. The van der Waals surface area contributed by atoms with Crippen molar-refractivity contribution in [3.63, 3.8) is 0 Å². The number of anilines is 1. The van der Waals surface area contributed by atoms with Crippen LogP contribution in [-0.2, 0) is 6.61 Å². The molecule has 0 atom stereocenters. The number of benzene rings is 1. The third kappa shape index (κ3) is 4.55. The molecule has 0 saturated carbocycles. The fraction of sp³-hybridized carbons (Fsp3) is 0.385. The quantitative estimate of drug-likeness (QED) is 0.693. The second kappa shape index (κ2) is 7.95. The Morgan fingerprint density at radius 3 is 2.62 bits per heavy atom. The molecule has 2 aromatic rings. The number of aromatic nitrogens is 2. The highest BCUT2D eigenvalue weighted by Gasteiger charge is 2.10. The molecule has 0 aliphatic rings. The van der Waals surface area contributed by atoms with Gasteiger partial charge in [0.05, 0.1) is 16.1 Å². The molecule has 0 aliphatic heterocycles. The van der Waals surface area contributed by atoms with Crippen molar-refractivity contribution in [3.8, 4) is 11.5 Å². The van der Waals surface area contributed by atoms with Gasteiger partial charge in [0, 0.05) is 6.54 Å². The van der Waals surface area contributed by atoms with Crippen molar-refractivity contribution in [1.82, 2.24) is 10.2 Å². The molecule has 5 nitrogen and oxygen atoms in total. The maximum atomic E-state index is 5.77. The molecule has 21 heavy (non-hydrogen) atoms. The highest BCUT2D eigenvalue weighted by Crippen LogP contribution is 2.36. The van der Waals surface area contributed by atoms with Crippen molar-refractivity contribution in [2.75, 3.05) is 19.0 Å². The fourth-order valence-electron chi connectivity index (χ4n) is 1.53. The van der Waals surface area contributed by atoms with Crippen molar-refractivity contribution in [3.05, 3.63) is 26.1 Å². The zero-order chi connectivity index (χ0) is 15.2. The first kappa shape index (κ1) is 16.5. The molecule has 1 N–H and O–H groups in total. The molecule has 0 aliphatic carbocycles. The number of hydrogen-bond acceptors (Lipinski definition) is 6. The average molecular weight is 437 g/mol. The Hall–Kier alpha value is -0.860. The lowest BCUT2D eigenvalue weighted by Gasteiger charge is -2.10. The topological polar surface area (TPSA) is 56.3 Å². The first-order chi connectivity index (χ1) is 10.1. The summed E-state index contributed by atoms with van der Waals surface area (Å²) in [6.07, 6.45) is 1.05. The number of hydrogen-bond donors (Lipinski definition) is 1. The van der Waals surface area contributed by atoms with E-state index in [-0.39, 0.29) is 0 Å². The first-order valence-corrected chi connectivity index (χ1v) is 8.76. The molecule has 0 bridgehead atoms. The number of rotatable bonds is 7. The summed E-state index contributed by atoms with van der Waals surface area (Å²) in [5.41, 5.74) is 0. The maximum absolute atomic E-state index is 5.77. The van der Waals surface area contributed by atoms with Gasteiger partial charge >= 0.3 is 0 Å². The van der Waals surface area contributed by atoms with Crippen LogP contribution in [-0.4, -0.2) is 23.9 Å². The number of halogens is 2. The monoisotopic (exact) mass is 435 g/mol. The second-order valence-electron chi connectivity index (χ2n) is 4.13. The molecule has 1 aromatic carbocycles. The van der Waals surface area contributed by atoms with Crippen LogP contribution in [0.5, 0.6) is 11.5 Å². The summed E-state index contributed by atoms with van der Waals surface area (Å²) in [5.74, 6) is 1.47. The minimum absolute atomic E-state index is 0.378. The Balaban J connectivity index is 1.99. The van der Waals surface area contributed by atoms with Gasteiger partial charge in [-0.05, 0) is 50.4 Å². The van der Waals surface area contributed by atoms with Crippen molar-refractivity contribution in [2.24, 2.45) is 0 Å². The molecule has 2 rings (SSSR count). The van der Waals surface area contributed by atoms with E-state index in [1.807, 2.05) is 12.1 Å². The van der Waals surface area contributed by atoms with Gasteiger partial charge in [-0.15, -0.1) is 10.2 Å². The summed E-state index contributed by atoms with van der Waals surface area (Å²) in [7, 11) is 1.62. The summed E-state index contributed by atoms with van der Waals surface area (Å²) in [4.78, 5) is 0. The predicted octanol–water partition coefficient (Wildman–Crippen LogP) is 4.47. The molecule has 0 radical (unpaired) electrons. The number of ether oxygens (including phenoxy) is 2. The fourth-order valence-corrected chi connectivity index (χ4v) is 3.13. The summed E-state index contributed by atoms with van der Waals surface area (Å²) in [6.45, 7) is 3.38. The van der Waals surface area contributed by atoms with Crippen LogP contribution in [0.4, 0.5) is 5.13 Å². The maximum Gasteiger partial charge on any atom is 0.205 e. The van der Waals surface area contributed by atoms with Crippen molar-refractivity contribution >= 4 is 48.3 Å². The second-order valence-corrected chi connectivity index (χ2v) is 6.90. The van der Waals surface area contributed by atoms with E-state index in [0.717, 1.165) is 43.5 Å². The predicted molar refractivity (Wildman–Crippen MR) is 91.4 cm³/mol. The highest BCUT2D eigenvalue weighted by atomic mass is 79.9. The van der Waals surface area contributed by atoms with Crippen molar-refractivity contribution < 1.29 is 9.47 Å². The Labute approximate surface area is 144 Å². The largest absolute Gasteiger partial charge is 0.496 e. The smallest absolute Gasteiger partial charge is 0.205 e. The summed E-state index contributed by atoms with van der Waals surface area (Å²) in [6, 6.07) is 3.72. The minimum atomic E-state index is 0.378. The molecule has 0 unspecified atom stereocenters. The third-order valence-electron chi connectivity index (χ3n) is 2.55. The van der Waals surface area contributed by atoms with Gasteiger partial charge in [-0.25, -0.2) is 0 Å². The van der Waals surface area contributed by atoms with Gasteiger partial charge in [-0.1, -0.05) is 18.3 Å². The molecule has 8 heteroatoms. The van der Waals surface area contributed by atoms with E-state index >= 15 is 0 Å². The van der Waals surface area contributed by atoms with Crippen LogP contribution in [0.1, 0.15) is 18.4 Å². The zero-order valence-electron chi connectivity index (χ0n) is 11.7. The van der Waals surface area contributed by atoms with E-state index in [1.54, 1.807) is 7.11 Å². The van der Waals surface area contributed by atoms with Crippen LogP contribution in [0, 0.1) is 0 Å². The summed E-state index contributed by atoms with van der Waals surface area (Å²) in [5, 5.41) is 13.0. The van der Waals surface area contributed by atoms with E-state index in [4.69, 9.17) is 9.47 Å². The standard InChI is InChI=1S/C13H15Br2N3O2S/c1-3-4-16-13-18-17-12(21-13)7-20-11-6-8(14)10(19-2)5-9(11)15/h5-6H,3-4,7H2,1-2H3,(H,16,18). The Morgan fingerprint density at radius 2 is 1.90 bits per heavy atom. The van der Waals surface area contributed by atoms with Crippen molar-refractivity contribution in [1.29, 1.82) is 0 Å². The van der Waals surface area contributed by atoms with Gasteiger partial charge in [0.25, 0.3) is 0 Å². The van der Waals surface area contributed by atoms with Gasteiger partial charge in [0.15, 0.2) is 5.01 Å². The molecule has 0 saturated heterocycles. The minimum Gasteiger partial charge on any atom is -0.496 e. The van der Waals surface area contributed by atoms with Crippen LogP contribution >= 0.6 is 43.2 Å². The molecule has 1 aromatic heterocycles. The Kier molecular flexibility index (Phi) is 6.25. The Bertz CT molecular complexity index is 607. The lowest BCUT2D eigenvalue weighted by Crippen LogP contribution is -1.98. The van der Waals surface area contributed by atoms with E-state index in [9.17, 15) is 0 Å². The molecule has 0 amide bonds. The first-order valence-electron chi connectivity index (χ1n) is 6.36. The molecule has 0 fully saturated rings. The Morgan fingerprint density at radius 1 is 1.19 bits per heavy atom. The van der Waals surface area contributed by atoms with Gasteiger partial charge in [0.2, 0.25) is 5.13 Å². The SMILES string of the molecule is CCCNc1nnc(COc2cc(Br)c(OC)cc2Br)s1. The van der Waals surface area contributed by atoms with Crippen LogP contribution in [0.2, 0.25) is 0 Å². The summed E-state index contributed by atoms with van der Waals surface area (Å²) >= 11 is 8.40.